The molecular weight excluding hydrogens is 372 g/mol. The van der Waals surface area contributed by atoms with Crippen molar-refractivity contribution < 1.29 is 19.2 Å². The average Bonchev–Trinajstić information content (AvgIpc) is 3.24. The Morgan fingerprint density at radius 3 is 2.48 bits per heavy atom. The number of urea groups is 1. The molecule has 8 nitrogen and oxygen atoms in total. The third-order valence-corrected chi connectivity index (χ3v) is 5.26. The number of benzene rings is 2. The minimum absolute atomic E-state index is 0.0931. The summed E-state index contributed by atoms with van der Waals surface area (Å²) in [5.41, 5.74) is 1.09. The molecule has 29 heavy (non-hydrogen) atoms. The molecule has 2 aliphatic heterocycles. The molecular formula is C21H20N4O4. The lowest BCUT2D eigenvalue weighted by atomic mass is 9.92. The zero-order valence-electron chi connectivity index (χ0n) is 15.8. The van der Waals surface area contributed by atoms with Crippen LogP contribution in [0, 0.1) is 0 Å². The zero-order valence-corrected chi connectivity index (χ0v) is 15.8. The van der Waals surface area contributed by atoms with Crippen LogP contribution in [0.1, 0.15) is 35.7 Å². The van der Waals surface area contributed by atoms with E-state index in [0.29, 0.717) is 29.8 Å². The van der Waals surface area contributed by atoms with Crippen molar-refractivity contribution in [3.05, 3.63) is 59.7 Å². The van der Waals surface area contributed by atoms with Crippen molar-refractivity contribution in [2.75, 3.05) is 16.8 Å². The SMILES string of the molecule is CC1(c2cccc(NC(=O)c3ccc(N4CCCC4=O)cc3)c2)NC(=O)NC1=O. The van der Waals surface area contributed by atoms with Gasteiger partial charge in [-0.05, 0) is 55.3 Å². The van der Waals surface area contributed by atoms with Gasteiger partial charge in [0.1, 0.15) is 5.54 Å². The number of hydrogen-bond donors (Lipinski definition) is 3. The molecule has 0 saturated carbocycles. The summed E-state index contributed by atoms with van der Waals surface area (Å²) in [7, 11) is 0. The second-order valence-electron chi connectivity index (χ2n) is 7.26. The fourth-order valence-corrected chi connectivity index (χ4v) is 3.57. The summed E-state index contributed by atoms with van der Waals surface area (Å²) < 4.78 is 0. The topological polar surface area (TPSA) is 108 Å². The lowest BCUT2D eigenvalue weighted by molar-refractivity contribution is -0.123. The van der Waals surface area contributed by atoms with Gasteiger partial charge in [-0.1, -0.05) is 12.1 Å². The first-order chi connectivity index (χ1) is 13.9. The highest BCUT2D eigenvalue weighted by Crippen LogP contribution is 2.27. The monoisotopic (exact) mass is 392 g/mol. The highest BCUT2D eigenvalue weighted by Gasteiger charge is 2.43. The average molecular weight is 392 g/mol. The second kappa shape index (κ2) is 7.05. The third-order valence-electron chi connectivity index (χ3n) is 5.26. The van der Waals surface area contributed by atoms with Crippen LogP contribution in [0.4, 0.5) is 16.2 Å². The molecule has 8 heteroatoms. The van der Waals surface area contributed by atoms with Crippen molar-refractivity contribution >= 4 is 35.1 Å². The predicted molar refractivity (Wildman–Crippen MR) is 106 cm³/mol. The van der Waals surface area contributed by atoms with Gasteiger partial charge in [-0.25, -0.2) is 4.79 Å². The predicted octanol–water partition coefficient (Wildman–Crippen LogP) is 2.12. The van der Waals surface area contributed by atoms with Gasteiger partial charge in [-0.3, -0.25) is 19.7 Å². The minimum atomic E-state index is -1.19. The van der Waals surface area contributed by atoms with Crippen LogP contribution in [0.5, 0.6) is 0 Å². The summed E-state index contributed by atoms with van der Waals surface area (Å²) in [4.78, 5) is 49.8. The fourth-order valence-electron chi connectivity index (χ4n) is 3.57. The summed E-state index contributed by atoms with van der Waals surface area (Å²) in [5.74, 6) is -0.667. The zero-order chi connectivity index (χ0) is 20.6. The van der Waals surface area contributed by atoms with Gasteiger partial charge in [-0.2, -0.15) is 0 Å². The molecule has 4 rings (SSSR count). The molecule has 2 aliphatic rings. The number of rotatable bonds is 4. The Kier molecular flexibility index (Phi) is 4.54. The molecule has 0 bridgehead atoms. The maximum atomic E-state index is 12.6. The van der Waals surface area contributed by atoms with Gasteiger partial charge in [0.15, 0.2) is 0 Å². The van der Waals surface area contributed by atoms with E-state index in [1.54, 1.807) is 60.4 Å². The molecule has 1 unspecified atom stereocenters. The highest BCUT2D eigenvalue weighted by atomic mass is 16.2. The van der Waals surface area contributed by atoms with Crippen molar-refractivity contribution in [2.45, 2.75) is 25.3 Å². The van der Waals surface area contributed by atoms with E-state index in [1.807, 2.05) is 0 Å². The van der Waals surface area contributed by atoms with Gasteiger partial charge in [0.25, 0.3) is 11.8 Å². The van der Waals surface area contributed by atoms with Crippen LogP contribution in [-0.4, -0.2) is 30.3 Å². The molecule has 2 fully saturated rings. The number of imide groups is 1. The van der Waals surface area contributed by atoms with Crippen LogP contribution < -0.4 is 20.9 Å². The van der Waals surface area contributed by atoms with E-state index in [1.165, 1.54) is 0 Å². The number of carbonyl (C=O) groups excluding carboxylic acids is 4. The number of anilines is 2. The molecule has 148 valence electrons. The quantitative estimate of drug-likeness (QED) is 0.693. The van der Waals surface area contributed by atoms with E-state index in [2.05, 4.69) is 16.0 Å². The molecule has 0 aliphatic carbocycles. The molecule has 1 atom stereocenters. The highest BCUT2D eigenvalue weighted by molar-refractivity contribution is 6.08. The van der Waals surface area contributed by atoms with Gasteiger partial charge in [-0.15, -0.1) is 0 Å². The number of hydrogen-bond acceptors (Lipinski definition) is 4. The van der Waals surface area contributed by atoms with Gasteiger partial charge in [0, 0.05) is 29.9 Å². The van der Waals surface area contributed by atoms with Gasteiger partial charge in [0.05, 0.1) is 0 Å². The van der Waals surface area contributed by atoms with E-state index in [0.717, 1.165) is 12.1 Å². The van der Waals surface area contributed by atoms with Crippen molar-refractivity contribution in [1.29, 1.82) is 0 Å². The number of amides is 5. The second-order valence-corrected chi connectivity index (χ2v) is 7.26. The molecule has 2 saturated heterocycles. The Balaban J connectivity index is 1.50. The first-order valence-corrected chi connectivity index (χ1v) is 9.33. The minimum Gasteiger partial charge on any atom is -0.322 e. The first kappa shape index (κ1) is 18.7. The Hall–Kier alpha value is -3.68. The van der Waals surface area contributed by atoms with E-state index >= 15 is 0 Å². The summed E-state index contributed by atoms with van der Waals surface area (Å²) in [6, 6.07) is 13.1. The maximum Gasteiger partial charge on any atom is 0.322 e. The van der Waals surface area contributed by atoms with Crippen LogP contribution >= 0.6 is 0 Å². The smallest absolute Gasteiger partial charge is 0.322 e. The Labute approximate surface area is 167 Å². The van der Waals surface area contributed by atoms with Crippen LogP contribution in [0.15, 0.2) is 48.5 Å². The number of carbonyl (C=O) groups is 4. The van der Waals surface area contributed by atoms with Crippen molar-refractivity contribution in [1.82, 2.24) is 10.6 Å². The lowest BCUT2D eigenvalue weighted by Crippen LogP contribution is -2.40. The van der Waals surface area contributed by atoms with Gasteiger partial charge in [0.2, 0.25) is 5.91 Å². The molecule has 2 heterocycles. The number of nitrogens with zero attached hydrogens (tertiary/aromatic N) is 1. The fraction of sp³-hybridized carbons (Fsp3) is 0.238. The van der Waals surface area contributed by atoms with Gasteiger partial charge >= 0.3 is 6.03 Å². The molecule has 2 aromatic rings. The maximum absolute atomic E-state index is 12.6. The van der Waals surface area contributed by atoms with Crippen LogP contribution in [0.25, 0.3) is 0 Å². The molecule has 5 amide bonds. The Morgan fingerprint density at radius 2 is 1.86 bits per heavy atom. The van der Waals surface area contributed by atoms with Crippen molar-refractivity contribution in [2.24, 2.45) is 0 Å². The van der Waals surface area contributed by atoms with Crippen LogP contribution in [-0.2, 0) is 15.1 Å². The molecule has 2 aromatic carbocycles. The van der Waals surface area contributed by atoms with E-state index in [-0.39, 0.29) is 11.8 Å². The lowest BCUT2D eigenvalue weighted by Gasteiger charge is -2.21. The van der Waals surface area contributed by atoms with Crippen molar-refractivity contribution in [3.8, 4) is 0 Å². The Bertz CT molecular complexity index is 1020. The molecule has 0 aromatic heterocycles. The van der Waals surface area contributed by atoms with E-state index < -0.39 is 17.5 Å². The molecule has 3 N–H and O–H groups in total. The van der Waals surface area contributed by atoms with Crippen LogP contribution in [0.2, 0.25) is 0 Å². The number of nitrogens with one attached hydrogen (secondary N) is 3. The van der Waals surface area contributed by atoms with Crippen molar-refractivity contribution in [3.63, 3.8) is 0 Å². The standard InChI is InChI=1S/C21H20N4O4/c1-21(19(28)23-20(29)24-21)14-4-2-5-15(12-14)22-18(27)13-7-9-16(10-8-13)25-11-3-6-17(25)26/h2,4-5,7-10,12H,3,6,11H2,1H3,(H,22,27)(H2,23,24,28,29). The first-order valence-electron chi connectivity index (χ1n) is 9.33. The molecule has 0 spiro atoms. The summed E-state index contributed by atoms with van der Waals surface area (Å²) in [6.07, 6.45) is 1.39. The van der Waals surface area contributed by atoms with Crippen LogP contribution in [0.3, 0.4) is 0 Å². The summed E-state index contributed by atoms with van der Waals surface area (Å²) in [6.45, 7) is 2.30. The van der Waals surface area contributed by atoms with E-state index in [4.69, 9.17) is 0 Å². The summed E-state index contributed by atoms with van der Waals surface area (Å²) in [5, 5.41) is 7.62. The normalized spacial score (nSPS) is 21.1. The third kappa shape index (κ3) is 3.44. The summed E-state index contributed by atoms with van der Waals surface area (Å²) >= 11 is 0. The molecule has 0 radical (unpaired) electrons. The van der Waals surface area contributed by atoms with Gasteiger partial charge < -0.3 is 15.5 Å². The Morgan fingerprint density at radius 1 is 1.10 bits per heavy atom. The van der Waals surface area contributed by atoms with E-state index in [9.17, 15) is 19.2 Å². The largest absolute Gasteiger partial charge is 0.322 e.